The first-order valence-corrected chi connectivity index (χ1v) is 16.9. The van der Waals surface area contributed by atoms with Gasteiger partial charge < -0.3 is 24.8 Å². The lowest BCUT2D eigenvalue weighted by Gasteiger charge is -2.38. The van der Waals surface area contributed by atoms with E-state index >= 15 is 0 Å². The number of aliphatic hydroxyl groups is 1. The fraction of sp³-hybridized carbons (Fsp3) is 0.359. The van der Waals surface area contributed by atoms with Gasteiger partial charge in [0.2, 0.25) is 11.8 Å². The van der Waals surface area contributed by atoms with Crippen LogP contribution in [0.2, 0.25) is 0 Å². The van der Waals surface area contributed by atoms with Gasteiger partial charge in [-0.25, -0.2) is 5.48 Å². The van der Waals surface area contributed by atoms with Gasteiger partial charge in [-0.05, 0) is 72.0 Å². The van der Waals surface area contributed by atoms with Crippen molar-refractivity contribution < 1.29 is 29.4 Å². The first-order valence-electron chi connectivity index (χ1n) is 16.9. The molecular formula is C39H46N4O6. The molecule has 0 spiro atoms. The van der Waals surface area contributed by atoms with E-state index in [1.165, 1.54) is 0 Å². The molecule has 0 aliphatic carbocycles. The van der Waals surface area contributed by atoms with Gasteiger partial charge in [-0.15, -0.1) is 0 Å². The number of aromatic nitrogens is 1. The summed E-state index contributed by atoms with van der Waals surface area (Å²) in [5.74, 6) is -0.531. The van der Waals surface area contributed by atoms with E-state index in [1.807, 2.05) is 79.0 Å². The molecule has 2 amide bonds. The van der Waals surface area contributed by atoms with E-state index in [2.05, 4.69) is 40.4 Å². The molecule has 10 heteroatoms. The first kappa shape index (κ1) is 35.8. The van der Waals surface area contributed by atoms with Crippen LogP contribution in [0.15, 0.2) is 97.2 Å². The number of ether oxygens (including phenoxy) is 2. The quantitative estimate of drug-likeness (QED) is 0.0686. The third-order valence-corrected chi connectivity index (χ3v) is 8.70. The Hall–Kier alpha value is -4.45. The number of carbonyl (C=O) groups excluding carboxylic acids is 2. The van der Waals surface area contributed by atoms with Crippen LogP contribution in [0, 0.1) is 0 Å². The minimum Gasteiger partial charge on any atom is -0.392 e. The molecular weight excluding hydrogens is 620 g/mol. The molecule has 258 valence electrons. The van der Waals surface area contributed by atoms with E-state index < -0.39 is 12.2 Å². The Morgan fingerprint density at radius 1 is 0.857 bits per heavy atom. The van der Waals surface area contributed by atoms with Gasteiger partial charge in [0.25, 0.3) is 0 Å². The molecule has 1 aliphatic heterocycles. The van der Waals surface area contributed by atoms with Crippen molar-refractivity contribution in [3.63, 3.8) is 0 Å². The lowest BCUT2D eigenvalue weighted by molar-refractivity contribution is -0.252. The smallest absolute Gasteiger partial charge is 0.243 e. The lowest BCUT2D eigenvalue weighted by atomic mass is 9.98. The highest BCUT2D eigenvalue weighted by atomic mass is 16.7. The van der Waals surface area contributed by atoms with E-state index in [0.29, 0.717) is 32.2 Å². The van der Waals surface area contributed by atoms with Gasteiger partial charge in [0.05, 0.1) is 18.8 Å². The average Bonchev–Trinajstić information content (AvgIpc) is 3.15. The number of likely N-dealkylation sites (N-methyl/N-ethyl adjacent to an activating group) is 1. The highest BCUT2D eigenvalue weighted by Gasteiger charge is 2.33. The number of hydrogen-bond donors (Lipinski definition) is 4. The Bertz CT molecular complexity index is 1630. The van der Waals surface area contributed by atoms with Crippen LogP contribution >= 0.6 is 0 Å². The molecule has 5 rings (SSSR count). The van der Waals surface area contributed by atoms with E-state index in [1.54, 1.807) is 5.48 Å². The zero-order valence-corrected chi connectivity index (χ0v) is 28.0. The summed E-state index contributed by atoms with van der Waals surface area (Å²) in [5.41, 5.74) is 8.50. The third kappa shape index (κ3) is 11.0. The molecule has 3 aromatic carbocycles. The standard InChI is InChI=1S/C39H46N4O6/c1-43(21-19-34-12-4-5-20-40-34)26-35-24-36(30-17-15-28(27-44)16-18-30)49-39(48-35)33-11-7-10-32(23-33)31-9-6-8-29(22-31)25-41-37(45)13-2-3-14-38(46)42-47/h4-12,15-18,20,22-23,35-36,39,44,47H,2-3,13-14,19,21,24-27H2,1H3,(H,41,45)(H,42,46). The van der Waals surface area contributed by atoms with Crippen molar-refractivity contribution >= 4 is 11.8 Å². The molecule has 1 fully saturated rings. The number of benzene rings is 3. The number of amides is 2. The summed E-state index contributed by atoms with van der Waals surface area (Å²) in [6.07, 6.45) is 4.15. The fourth-order valence-electron chi connectivity index (χ4n) is 5.97. The summed E-state index contributed by atoms with van der Waals surface area (Å²) in [6.45, 7) is 1.98. The minimum atomic E-state index is -0.573. The Balaban J connectivity index is 1.25. The van der Waals surface area contributed by atoms with E-state index in [0.717, 1.165) is 58.6 Å². The molecule has 0 radical (unpaired) electrons. The van der Waals surface area contributed by atoms with Crippen molar-refractivity contribution in [2.24, 2.45) is 0 Å². The average molecular weight is 667 g/mol. The second-order valence-electron chi connectivity index (χ2n) is 12.5. The van der Waals surface area contributed by atoms with Gasteiger partial charge >= 0.3 is 0 Å². The lowest BCUT2D eigenvalue weighted by Crippen LogP contribution is -2.38. The summed E-state index contributed by atoms with van der Waals surface area (Å²) in [7, 11) is 2.11. The van der Waals surface area contributed by atoms with Gasteiger partial charge in [0.15, 0.2) is 6.29 Å². The van der Waals surface area contributed by atoms with Crippen LogP contribution in [0.25, 0.3) is 11.1 Å². The molecule has 4 aromatic rings. The van der Waals surface area contributed by atoms with Crippen molar-refractivity contribution in [3.8, 4) is 11.1 Å². The SMILES string of the molecule is CN(CCc1ccccn1)CC1CC(c2ccc(CO)cc2)OC(c2cccc(-c3cccc(CNC(=O)CCCCC(=O)NO)c3)c2)O1. The zero-order valence-electron chi connectivity index (χ0n) is 28.0. The Kier molecular flexibility index (Phi) is 13.4. The van der Waals surface area contributed by atoms with Gasteiger partial charge in [0, 0.05) is 62.8 Å². The number of pyridine rings is 1. The zero-order chi connectivity index (χ0) is 34.4. The molecule has 1 saturated heterocycles. The fourth-order valence-corrected chi connectivity index (χ4v) is 5.97. The highest BCUT2D eigenvalue weighted by molar-refractivity contribution is 5.76. The topological polar surface area (TPSA) is 133 Å². The van der Waals surface area contributed by atoms with Crippen LogP contribution < -0.4 is 10.8 Å². The summed E-state index contributed by atoms with van der Waals surface area (Å²) in [4.78, 5) is 30.2. The molecule has 3 unspecified atom stereocenters. The van der Waals surface area contributed by atoms with Crippen molar-refractivity contribution in [1.82, 2.24) is 20.7 Å². The van der Waals surface area contributed by atoms with Crippen LogP contribution in [0.1, 0.15) is 72.4 Å². The summed E-state index contributed by atoms with van der Waals surface area (Å²) >= 11 is 0. The Morgan fingerprint density at radius 2 is 1.61 bits per heavy atom. The number of nitrogens with zero attached hydrogens (tertiary/aromatic N) is 2. The molecule has 10 nitrogen and oxygen atoms in total. The minimum absolute atomic E-state index is 0.00497. The molecule has 0 saturated carbocycles. The number of rotatable bonds is 16. The molecule has 1 aromatic heterocycles. The molecule has 3 atom stereocenters. The predicted octanol–water partition coefficient (Wildman–Crippen LogP) is 5.64. The van der Waals surface area contributed by atoms with E-state index in [9.17, 15) is 14.7 Å². The Labute approximate surface area is 288 Å². The monoisotopic (exact) mass is 666 g/mol. The summed E-state index contributed by atoms with van der Waals surface area (Å²) < 4.78 is 13.2. The summed E-state index contributed by atoms with van der Waals surface area (Å²) in [6, 6.07) is 30.2. The third-order valence-electron chi connectivity index (χ3n) is 8.70. The van der Waals surface area contributed by atoms with Crippen molar-refractivity contribution in [1.29, 1.82) is 0 Å². The molecule has 49 heavy (non-hydrogen) atoms. The maximum absolute atomic E-state index is 12.4. The van der Waals surface area contributed by atoms with Crippen LogP contribution in [0.3, 0.4) is 0 Å². The molecule has 2 heterocycles. The van der Waals surface area contributed by atoms with Crippen molar-refractivity contribution in [2.75, 3.05) is 20.1 Å². The number of hydroxylamine groups is 1. The number of carbonyl (C=O) groups is 2. The van der Waals surface area contributed by atoms with Crippen LogP contribution in [0.5, 0.6) is 0 Å². The first-order chi connectivity index (χ1) is 23.9. The van der Waals surface area contributed by atoms with E-state index in [-0.39, 0.29) is 31.1 Å². The maximum Gasteiger partial charge on any atom is 0.243 e. The van der Waals surface area contributed by atoms with E-state index in [4.69, 9.17) is 14.7 Å². The number of hydrogen-bond acceptors (Lipinski definition) is 8. The van der Waals surface area contributed by atoms with Gasteiger partial charge in [-0.3, -0.25) is 19.8 Å². The summed E-state index contributed by atoms with van der Waals surface area (Å²) in [5, 5.41) is 21.1. The van der Waals surface area contributed by atoms with Crippen molar-refractivity contribution in [3.05, 3.63) is 125 Å². The number of nitrogens with one attached hydrogen (secondary N) is 2. The van der Waals surface area contributed by atoms with Crippen molar-refractivity contribution in [2.45, 2.75) is 70.2 Å². The highest BCUT2D eigenvalue weighted by Crippen LogP contribution is 2.39. The number of aliphatic hydroxyl groups excluding tert-OH is 1. The molecule has 0 bridgehead atoms. The maximum atomic E-state index is 12.4. The largest absolute Gasteiger partial charge is 0.392 e. The Morgan fingerprint density at radius 3 is 2.35 bits per heavy atom. The van der Waals surface area contributed by atoms with Crippen LogP contribution in [-0.4, -0.2) is 58.3 Å². The second kappa shape index (κ2) is 18.4. The van der Waals surface area contributed by atoms with Crippen LogP contribution in [0.4, 0.5) is 0 Å². The number of unbranched alkanes of at least 4 members (excludes halogenated alkanes) is 1. The normalized spacial score (nSPS) is 17.5. The second-order valence-corrected chi connectivity index (χ2v) is 12.5. The molecule has 4 N–H and O–H groups in total. The van der Waals surface area contributed by atoms with Gasteiger partial charge in [-0.2, -0.15) is 0 Å². The van der Waals surface area contributed by atoms with Gasteiger partial charge in [-0.1, -0.05) is 66.7 Å². The van der Waals surface area contributed by atoms with Gasteiger partial charge in [0.1, 0.15) is 0 Å². The molecule has 1 aliphatic rings. The van der Waals surface area contributed by atoms with Crippen LogP contribution in [-0.2, 0) is 38.6 Å². The predicted molar refractivity (Wildman–Crippen MR) is 186 cm³/mol.